The maximum atomic E-state index is 13.5. The number of benzene rings is 1. The molecule has 3 N–H and O–H groups in total. The third-order valence-electron chi connectivity index (χ3n) is 6.45. The molecule has 5 rings (SSSR count). The number of anilines is 1. The van der Waals surface area contributed by atoms with Gasteiger partial charge in [-0.2, -0.15) is 0 Å². The maximum Gasteiger partial charge on any atom is 0.306 e. The van der Waals surface area contributed by atoms with Gasteiger partial charge < -0.3 is 15.4 Å². The second-order valence-corrected chi connectivity index (χ2v) is 8.12. The summed E-state index contributed by atoms with van der Waals surface area (Å²) in [5, 5.41) is 14.5. The monoisotopic (exact) mass is 368 g/mol. The van der Waals surface area contributed by atoms with Crippen LogP contribution in [0.15, 0.2) is 24.5 Å². The fraction of sp³-hybridized carbons (Fsp3) is 0.450. The number of aromatic amines is 1. The van der Waals surface area contributed by atoms with Crippen molar-refractivity contribution in [3.8, 4) is 0 Å². The van der Waals surface area contributed by atoms with Crippen molar-refractivity contribution >= 4 is 33.7 Å². The Kier molecular flexibility index (Phi) is 3.60. The number of nitrogens with zero attached hydrogens (tertiary/aromatic N) is 2. The first kappa shape index (κ1) is 16.5. The number of nitrogens with one attached hydrogen (secondary N) is 2. The van der Waals surface area contributed by atoms with E-state index >= 15 is 0 Å². The second kappa shape index (κ2) is 5.90. The number of aromatic nitrogens is 3. The average Bonchev–Trinajstić information content (AvgIpc) is 2.99. The maximum absolute atomic E-state index is 13.5. The van der Waals surface area contributed by atoms with Crippen LogP contribution in [0.2, 0.25) is 0 Å². The van der Waals surface area contributed by atoms with E-state index in [1.54, 1.807) is 6.07 Å². The second-order valence-electron chi connectivity index (χ2n) is 8.12. The van der Waals surface area contributed by atoms with Crippen molar-refractivity contribution < 1.29 is 14.3 Å². The number of halogens is 1. The molecule has 27 heavy (non-hydrogen) atoms. The van der Waals surface area contributed by atoms with Crippen molar-refractivity contribution in [1.82, 2.24) is 15.0 Å². The molecule has 6 nitrogen and oxygen atoms in total. The minimum atomic E-state index is -0.655. The summed E-state index contributed by atoms with van der Waals surface area (Å²) in [5.74, 6) is -0.333. The lowest BCUT2D eigenvalue weighted by Gasteiger charge is -2.51. The van der Waals surface area contributed by atoms with Gasteiger partial charge in [-0.1, -0.05) is 0 Å². The normalized spacial score (nSPS) is 27.7. The van der Waals surface area contributed by atoms with Gasteiger partial charge in [0, 0.05) is 11.4 Å². The van der Waals surface area contributed by atoms with Gasteiger partial charge in [-0.3, -0.25) is 4.79 Å². The molecule has 0 radical (unpaired) electrons. The van der Waals surface area contributed by atoms with Crippen LogP contribution in [-0.4, -0.2) is 32.1 Å². The standard InChI is InChI=1S/C20H21FN4O2/c21-12-1-2-14-15(7-12)25-18-16(14)17(22-10-23-18)24-13-8-20(9-13)5-3-11(4-6-20)19(26)27/h1-2,7,10-11,13H,3-6,8-9H2,(H,26,27)(H2,22,23,24,25). The molecule has 1 spiro atoms. The third-order valence-corrected chi connectivity index (χ3v) is 6.45. The molecule has 2 saturated carbocycles. The van der Waals surface area contributed by atoms with Gasteiger partial charge in [0.2, 0.25) is 0 Å². The van der Waals surface area contributed by atoms with Crippen LogP contribution in [-0.2, 0) is 4.79 Å². The van der Waals surface area contributed by atoms with Gasteiger partial charge in [-0.05, 0) is 62.1 Å². The lowest BCUT2D eigenvalue weighted by molar-refractivity contribution is -0.144. The van der Waals surface area contributed by atoms with E-state index in [9.17, 15) is 14.3 Å². The third kappa shape index (κ3) is 2.72. The molecule has 3 aromatic rings. The number of carboxylic acid groups (broad SMARTS) is 1. The molecule has 2 aliphatic rings. The van der Waals surface area contributed by atoms with Crippen LogP contribution in [0.5, 0.6) is 0 Å². The first-order valence-corrected chi connectivity index (χ1v) is 9.44. The summed E-state index contributed by atoms with van der Waals surface area (Å²) in [6.07, 6.45) is 7.16. The number of rotatable bonds is 3. The molecule has 140 valence electrons. The number of hydrogen-bond acceptors (Lipinski definition) is 4. The minimum Gasteiger partial charge on any atom is -0.481 e. The van der Waals surface area contributed by atoms with E-state index in [-0.39, 0.29) is 11.7 Å². The molecule has 0 bridgehead atoms. The number of carboxylic acids is 1. The molecule has 2 aliphatic carbocycles. The first-order chi connectivity index (χ1) is 13.0. The predicted octanol–water partition coefficient (Wildman–Crippen LogP) is 4.09. The Morgan fingerprint density at radius 1 is 1.26 bits per heavy atom. The van der Waals surface area contributed by atoms with Crippen LogP contribution < -0.4 is 5.32 Å². The van der Waals surface area contributed by atoms with E-state index in [1.807, 2.05) is 0 Å². The van der Waals surface area contributed by atoms with E-state index in [2.05, 4.69) is 20.3 Å². The van der Waals surface area contributed by atoms with E-state index in [0.29, 0.717) is 22.6 Å². The van der Waals surface area contributed by atoms with Crippen molar-refractivity contribution in [3.05, 3.63) is 30.3 Å². The van der Waals surface area contributed by atoms with Gasteiger partial charge in [0.25, 0.3) is 0 Å². The highest BCUT2D eigenvalue weighted by atomic mass is 19.1. The van der Waals surface area contributed by atoms with Crippen LogP contribution >= 0.6 is 0 Å². The molecule has 0 saturated heterocycles. The highest BCUT2D eigenvalue weighted by molar-refractivity contribution is 6.11. The van der Waals surface area contributed by atoms with Crippen LogP contribution in [0.25, 0.3) is 21.9 Å². The molecular weight excluding hydrogens is 347 g/mol. The van der Waals surface area contributed by atoms with Crippen molar-refractivity contribution in [1.29, 1.82) is 0 Å². The number of fused-ring (bicyclic) bond motifs is 3. The highest BCUT2D eigenvalue weighted by Crippen LogP contribution is 2.53. The summed E-state index contributed by atoms with van der Waals surface area (Å²) >= 11 is 0. The van der Waals surface area contributed by atoms with Crippen LogP contribution in [0.3, 0.4) is 0 Å². The largest absolute Gasteiger partial charge is 0.481 e. The molecule has 2 fully saturated rings. The summed E-state index contributed by atoms with van der Waals surface area (Å²) < 4.78 is 13.5. The van der Waals surface area contributed by atoms with E-state index in [4.69, 9.17) is 0 Å². The zero-order chi connectivity index (χ0) is 18.6. The Labute approximate surface area is 155 Å². The fourth-order valence-electron chi connectivity index (χ4n) is 4.98. The molecule has 0 amide bonds. The topological polar surface area (TPSA) is 90.9 Å². The van der Waals surface area contributed by atoms with Crippen LogP contribution in [0, 0.1) is 17.2 Å². The Bertz CT molecular complexity index is 1030. The Morgan fingerprint density at radius 3 is 2.78 bits per heavy atom. The molecule has 2 heterocycles. The summed E-state index contributed by atoms with van der Waals surface area (Å²) in [5.41, 5.74) is 1.70. The van der Waals surface area contributed by atoms with Gasteiger partial charge in [-0.25, -0.2) is 14.4 Å². The smallest absolute Gasteiger partial charge is 0.306 e. The Morgan fingerprint density at radius 2 is 2.04 bits per heavy atom. The molecular formula is C20H21FN4O2. The number of hydrogen-bond donors (Lipinski definition) is 3. The van der Waals surface area contributed by atoms with Gasteiger partial charge in [0.15, 0.2) is 0 Å². The molecule has 7 heteroatoms. The quantitative estimate of drug-likeness (QED) is 0.648. The number of H-pyrrole nitrogens is 1. The molecule has 2 aromatic heterocycles. The summed E-state index contributed by atoms with van der Waals surface area (Å²) in [4.78, 5) is 23.0. The van der Waals surface area contributed by atoms with E-state index in [1.165, 1.54) is 18.5 Å². The summed E-state index contributed by atoms with van der Waals surface area (Å²) in [7, 11) is 0. The summed E-state index contributed by atoms with van der Waals surface area (Å²) in [6.45, 7) is 0. The highest BCUT2D eigenvalue weighted by Gasteiger charge is 2.47. The molecule has 0 unspecified atom stereocenters. The van der Waals surface area contributed by atoms with Crippen molar-refractivity contribution in [2.75, 3.05) is 5.32 Å². The van der Waals surface area contributed by atoms with E-state index < -0.39 is 5.97 Å². The predicted molar refractivity (Wildman–Crippen MR) is 100 cm³/mol. The van der Waals surface area contributed by atoms with Crippen LogP contribution in [0.1, 0.15) is 38.5 Å². The van der Waals surface area contributed by atoms with Gasteiger partial charge >= 0.3 is 5.97 Å². The lowest BCUT2D eigenvalue weighted by Crippen LogP contribution is -2.47. The minimum absolute atomic E-state index is 0.171. The number of aliphatic carboxylic acids is 1. The molecule has 0 aliphatic heterocycles. The van der Waals surface area contributed by atoms with Crippen LogP contribution in [0.4, 0.5) is 10.2 Å². The van der Waals surface area contributed by atoms with Gasteiger partial charge in [0.1, 0.15) is 23.6 Å². The van der Waals surface area contributed by atoms with Crippen molar-refractivity contribution in [3.63, 3.8) is 0 Å². The van der Waals surface area contributed by atoms with Crippen molar-refractivity contribution in [2.24, 2.45) is 11.3 Å². The Balaban J connectivity index is 1.35. The lowest BCUT2D eigenvalue weighted by atomic mass is 9.57. The zero-order valence-corrected chi connectivity index (χ0v) is 14.8. The van der Waals surface area contributed by atoms with E-state index in [0.717, 1.165) is 55.1 Å². The number of carbonyl (C=O) groups is 1. The van der Waals surface area contributed by atoms with Crippen molar-refractivity contribution in [2.45, 2.75) is 44.6 Å². The molecule has 0 atom stereocenters. The SMILES string of the molecule is O=C(O)C1CCC2(CC1)CC(Nc1ncnc3[nH]c4cc(F)ccc4c13)C2. The first-order valence-electron chi connectivity index (χ1n) is 9.44. The zero-order valence-electron chi connectivity index (χ0n) is 14.8. The van der Waals surface area contributed by atoms with Gasteiger partial charge in [0.05, 0.1) is 16.8 Å². The van der Waals surface area contributed by atoms with Gasteiger partial charge in [-0.15, -0.1) is 0 Å². The summed E-state index contributed by atoms with van der Waals surface area (Å²) in [6, 6.07) is 5.01. The molecule has 1 aromatic carbocycles. The fourth-order valence-corrected chi connectivity index (χ4v) is 4.98. The Hall–Kier alpha value is -2.70. The average molecular weight is 368 g/mol.